The lowest BCUT2D eigenvalue weighted by Gasteiger charge is -2.63. The summed E-state index contributed by atoms with van der Waals surface area (Å²) in [5, 5.41) is 15.0. The lowest BCUT2D eigenvalue weighted by molar-refractivity contribution is -0.164. The number of hydrogen-bond donors (Lipinski definition) is 2. The molecule has 12 nitrogen and oxygen atoms in total. The van der Waals surface area contributed by atoms with E-state index in [4.69, 9.17) is 16.3 Å². The fourth-order valence-electron chi connectivity index (χ4n) is 9.16. The molecule has 3 aromatic rings. The molecule has 2 N–H and O–H groups in total. The normalized spacial score (nSPS) is 24.1. The summed E-state index contributed by atoms with van der Waals surface area (Å²) in [5.41, 5.74) is 2.46. The van der Waals surface area contributed by atoms with Gasteiger partial charge in [0.15, 0.2) is 0 Å². The van der Waals surface area contributed by atoms with Crippen LogP contribution in [-0.4, -0.2) is 89.7 Å². The van der Waals surface area contributed by atoms with Gasteiger partial charge in [0.2, 0.25) is 11.8 Å². The molecule has 0 bridgehead atoms. The minimum Gasteiger partial charge on any atom is -0.489 e. The van der Waals surface area contributed by atoms with E-state index in [9.17, 15) is 29.2 Å². The van der Waals surface area contributed by atoms with Crippen molar-refractivity contribution in [3.63, 3.8) is 0 Å². The summed E-state index contributed by atoms with van der Waals surface area (Å²) >= 11 is 6.23. The number of rotatable bonds is 7. The zero-order chi connectivity index (χ0) is 39.7. The Morgan fingerprint density at radius 2 is 1.61 bits per heavy atom. The number of fused-ring (bicyclic) bond motifs is 1. The Kier molecular flexibility index (Phi) is 9.18. The van der Waals surface area contributed by atoms with Crippen molar-refractivity contribution >= 4 is 46.8 Å². The molecular formula is C43H41ClN6O6. The molecule has 1 unspecified atom stereocenters. The molecule has 3 saturated heterocycles. The third kappa shape index (κ3) is 6.37. The van der Waals surface area contributed by atoms with Crippen LogP contribution < -0.4 is 20.3 Å². The number of amides is 5. The van der Waals surface area contributed by atoms with Gasteiger partial charge in [0, 0.05) is 84.3 Å². The van der Waals surface area contributed by atoms with Crippen LogP contribution >= 0.6 is 11.6 Å². The highest BCUT2D eigenvalue weighted by molar-refractivity contribution is 6.31. The SMILES string of the molecule is CC1(C)[C@H](NC(=O)c2ccc(C#CC3CN(C4CN(c5ccc6c(c5)C(=O)N(C5CCC(=O)NC5=O)C6=O)C4)C3)cc2)C(C)(C)[C@H]1Oc1ccc(C#N)c(Cl)c1. The molecule has 1 saturated carbocycles. The van der Waals surface area contributed by atoms with E-state index in [-0.39, 0.29) is 58.8 Å². The number of nitriles is 1. The minimum atomic E-state index is -0.983. The van der Waals surface area contributed by atoms with Crippen LogP contribution in [0.3, 0.4) is 0 Å². The van der Waals surface area contributed by atoms with E-state index in [0.29, 0.717) is 27.9 Å². The van der Waals surface area contributed by atoms with Crippen LogP contribution in [0.2, 0.25) is 5.02 Å². The molecule has 4 aliphatic heterocycles. The maximum atomic E-state index is 13.4. The summed E-state index contributed by atoms with van der Waals surface area (Å²) in [6.45, 7) is 11.6. The van der Waals surface area contributed by atoms with Gasteiger partial charge in [-0.2, -0.15) is 5.26 Å². The van der Waals surface area contributed by atoms with Crippen molar-refractivity contribution in [3.8, 4) is 23.7 Å². The van der Waals surface area contributed by atoms with Crippen LogP contribution in [0, 0.1) is 39.9 Å². The molecule has 1 aliphatic carbocycles. The molecule has 4 fully saturated rings. The van der Waals surface area contributed by atoms with Gasteiger partial charge in [-0.3, -0.25) is 39.1 Å². The molecular weight excluding hydrogens is 732 g/mol. The molecule has 0 aromatic heterocycles. The second-order valence-corrected chi connectivity index (χ2v) is 16.9. The van der Waals surface area contributed by atoms with Gasteiger partial charge in [0.05, 0.1) is 21.7 Å². The largest absolute Gasteiger partial charge is 0.489 e. The van der Waals surface area contributed by atoms with Crippen molar-refractivity contribution in [3.05, 3.63) is 93.5 Å². The number of benzene rings is 3. The number of carbonyl (C=O) groups excluding carboxylic acids is 5. The molecule has 1 atom stereocenters. The molecule has 4 heterocycles. The average molecular weight is 773 g/mol. The van der Waals surface area contributed by atoms with E-state index < -0.39 is 29.7 Å². The Morgan fingerprint density at radius 3 is 2.27 bits per heavy atom. The van der Waals surface area contributed by atoms with E-state index in [1.54, 1.807) is 42.5 Å². The average Bonchev–Trinajstić information content (AvgIpc) is 3.37. The Hall–Kier alpha value is -5.69. The number of nitrogens with one attached hydrogen (secondary N) is 2. The van der Waals surface area contributed by atoms with Crippen LogP contribution in [0.5, 0.6) is 5.75 Å². The highest BCUT2D eigenvalue weighted by atomic mass is 35.5. The molecule has 5 amide bonds. The van der Waals surface area contributed by atoms with Gasteiger partial charge in [-0.15, -0.1) is 0 Å². The molecule has 0 radical (unpaired) electrons. The van der Waals surface area contributed by atoms with Gasteiger partial charge in [-0.05, 0) is 61.0 Å². The van der Waals surface area contributed by atoms with Crippen molar-refractivity contribution in [1.82, 2.24) is 20.4 Å². The molecule has 0 spiro atoms. The number of likely N-dealkylation sites (tertiary alicyclic amines) is 1. The van der Waals surface area contributed by atoms with Crippen LogP contribution in [0.25, 0.3) is 0 Å². The Balaban J connectivity index is 0.803. The van der Waals surface area contributed by atoms with Gasteiger partial charge in [0.25, 0.3) is 17.7 Å². The van der Waals surface area contributed by atoms with Crippen molar-refractivity contribution in [1.29, 1.82) is 5.26 Å². The molecule has 286 valence electrons. The Bertz CT molecular complexity index is 2280. The van der Waals surface area contributed by atoms with Gasteiger partial charge < -0.3 is 15.0 Å². The summed E-state index contributed by atoms with van der Waals surface area (Å²) < 4.78 is 6.35. The first-order valence-corrected chi connectivity index (χ1v) is 19.2. The van der Waals surface area contributed by atoms with Crippen LogP contribution in [0.4, 0.5) is 5.69 Å². The van der Waals surface area contributed by atoms with Crippen molar-refractivity contribution in [2.24, 2.45) is 16.7 Å². The number of halogens is 1. The second kappa shape index (κ2) is 13.8. The number of ether oxygens (including phenoxy) is 1. The monoisotopic (exact) mass is 772 g/mol. The van der Waals surface area contributed by atoms with Gasteiger partial charge in [-0.1, -0.05) is 51.1 Å². The highest BCUT2D eigenvalue weighted by Crippen LogP contribution is 2.55. The number of piperidine rings is 1. The maximum Gasteiger partial charge on any atom is 0.262 e. The van der Waals surface area contributed by atoms with E-state index in [2.05, 4.69) is 66.0 Å². The third-order valence-electron chi connectivity index (χ3n) is 12.1. The molecule has 13 heteroatoms. The van der Waals surface area contributed by atoms with E-state index in [0.717, 1.165) is 42.3 Å². The number of imide groups is 2. The number of carbonyl (C=O) groups is 5. The zero-order valence-electron chi connectivity index (χ0n) is 31.5. The fraction of sp³-hybridized carbons (Fsp3) is 0.395. The van der Waals surface area contributed by atoms with Crippen LogP contribution in [-0.2, 0) is 9.59 Å². The number of hydrogen-bond acceptors (Lipinski definition) is 9. The maximum absolute atomic E-state index is 13.4. The lowest BCUT2D eigenvalue weighted by atomic mass is 9.49. The lowest BCUT2D eigenvalue weighted by Crippen LogP contribution is -2.74. The first-order valence-electron chi connectivity index (χ1n) is 18.8. The second-order valence-electron chi connectivity index (χ2n) is 16.5. The summed E-state index contributed by atoms with van der Waals surface area (Å²) in [5.74, 6) is 5.28. The van der Waals surface area contributed by atoms with Gasteiger partial charge in [0.1, 0.15) is 24.0 Å². The summed E-state index contributed by atoms with van der Waals surface area (Å²) in [6, 6.07) is 18.9. The molecule has 8 rings (SSSR count). The Morgan fingerprint density at radius 1 is 0.911 bits per heavy atom. The highest BCUT2D eigenvalue weighted by Gasteiger charge is 2.64. The predicted octanol–water partition coefficient (Wildman–Crippen LogP) is 4.40. The quantitative estimate of drug-likeness (QED) is 0.263. The van der Waals surface area contributed by atoms with Crippen molar-refractivity contribution < 1.29 is 28.7 Å². The minimum absolute atomic E-state index is 0.0820. The molecule has 5 aliphatic rings. The first-order chi connectivity index (χ1) is 26.6. The topological polar surface area (TPSA) is 152 Å². The van der Waals surface area contributed by atoms with Crippen molar-refractivity contribution in [2.75, 3.05) is 31.1 Å². The third-order valence-corrected chi connectivity index (χ3v) is 12.4. The standard InChI is InChI=1S/C43H41ClN6O6/c1-42(2)40(43(3,4)41(42)56-30-13-11-27(19-45)33(44)18-30)47-36(52)26-9-7-24(8-10-26)5-6-25-20-48(21-25)29-22-49(23-29)28-12-14-31-32(17-28)39(55)50(38(31)54)34-15-16-35(51)46-37(34)53/h7-14,17-18,25,29,34,40-41H,15-16,20-23H2,1-4H3,(H,47,52)(H,46,51,53)/t34?,40-,41-. The van der Waals surface area contributed by atoms with E-state index in [1.165, 1.54) is 0 Å². The van der Waals surface area contributed by atoms with Crippen molar-refractivity contribution in [2.45, 2.75) is 64.8 Å². The summed E-state index contributed by atoms with van der Waals surface area (Å²) in [6.07, 6.45) is 0.0118. The van der Waals surface area contributed by atoms with Gasteiger partial charge >= 0.3 is 0 Å². The molecule has 56 heavy (non-hydrogen) atoms. The summed E-state index contributed by atoms with van der Waals surface area (Å²) in [7, 11) is 0. The van der Waals surface area contributed by atoms with Crippen LogP contribution in [0.15, 0.2) is 60.7 Å². The predicted molar refractivity (Wildman–Crippen MR) is 207 cm³/mol. The molecule has 3 aromatic carbocycles. The summed E-state index contributed by atoms with van der Waals surface area (Å²) in [4.78, 5) is 69.1. The number of nitrogens with zero attached hydrogens (tertiary/aromatic N) is 4. The van der Waals surface area contributed by atoms with Gasteiger partial charge in [-0.25, -0.2) is 0 Å². The first kappa shape index (κ1) is 37.2. The van der Waals surface area contributed by atoms with Crippen LogP contribution in [0.1, 0.15) is 82.7 Å². The Labute approximate surface area is 330 Å². The smallest absolute Gasteiger partial charge is 0.262 e. The van der Waals surface area contributed by atoms with E-state index in [1.807, 2.05) is 18.2 Å². The van der Waals surface area contributed by atoms with E-state index >= 15 is 0 Å². The fourth-order valence-corrected chi connectivity index (χ4v) is 9.37. The zero-order valence-corrected chi connectivity index (χ0v) is 32.3. The number of anilines is 1.